The van der Waals surface area contributed by atoms with Crippen molar-refractivity contribution in [2.75, 3.05) is 65.9 Å². The van der Waals surface area contributed by atoms with Gasteiger partial charge < -0.3 is 40.2 Å². The van der Waals surface area contributed by atoms with Crippen LogP contribution in [0.4, 0.5) is 203 Å². The number of carbonyl (C=O) groups is 2. The van der Waals surface area contributed by atoms with Gasteiger partial charge >= 0.3 is 132 Å². The van der Waals surface area contributed by atoms with Gasteiger partial charge in [0.05, 0.1) is 64.9 Å². The van der Waals surface area contributed by atoms with Crippen molar-refractivity contribution in [1.82, 2.24) is 9.80 Å². The van der Waals surface area contributed by atoms with Crippen LogP contribution < -0.4 is 11.5 Å². The van der Waals surface area contributed by atoms with Crippen molar-refractivity contribution < 1.29 is 222 Å². The Labute approximate surface area is 504 Å². The lowest BCUT2D eigenvalue weighted by molar-refractivity contribution is -0.423. The van der Waals surface area contributed by atoms with Crippen molar-refractivity contribution in [3.8, 4) is 0 Å². The van der Waals surface area contributed by atoms with Crippen LogP contribution in [0.5, 0.6) is 0 Å². The highest BCUT2D eigenvalue weighted by Gasteiger charge is 2.90. The van der Waals surface area contributed by atoms with Crippen molar-refractivity contribution in [2.24, 2.45) is 11.5 Å². The van der Waals surface area contributed by atoms with Crippen LogP contribution in [0.3, 0.4) is 0 Å². The molecule has 0 aromatic carbocycles. The summed E-state index contributed by atoms with van der Waals surface area (Å²) in [7, 11) is 0. The predicted octanol–water partition coefficient (Wildman–Crippen LogP) is 16.1. The number of nitrogens with zero attached hydrogens (tertiary/aromatic N) is 2. The molecule has 0 atom stereocenters. The lowest BCUT2D eigenvalue weighted by Gasteiger charge is -2.37. The molecule has 0 saturated carbocycles. The number of hydrogen-bond acceptors (Lipinski definition) is 6. The number of unbranched alkanes of at least 4 members (excludes halogenated alkanes) is 3. The minimum Gasteiger partial charge on any atom is -0.379 e. The zero-order valence-electron chi connectivity index (χ0n) is 46.0. The van der Waals surface area contributed by atoms with E-state index in [1.165, 1.54) is 0 Å². The SMILES string of the molecule is NC(=O)N(CCCCCCN(C(N)=O)C(COCCC(F)(F)C(F)(F)C(F)(F)C(F)(F)C(F)(F)F)COCCC(F)(F)C(F)(F)C(F)(F)C(F)(F)C(F)(F)F)C(COCCC(F)(F)C(F)(F)C(F)(F)C(F)(F)C(F)(F)F)COCCC(F)(F)C(F)(F)C(F)(F)C(F)(F)C(F)(F)F. The Morgan fingerprint density at radius 3 is 0.542 bits per heavy atom. The monoisotopic (exact) mass is 1530 g/mol. The number of rotatable bonds is 41. The minimum absolute atomic E-state index is 0.0270. The van der Waals surface area contributed by atoms with Crippen molar-refractivity contribution in [3.63, 3.8) is 0 Å². The highest BCUT2D eigenvalue weighted by molar-refractivity contribution is 5.72. The number of nitrogens with two attached hydrogens (primary N) is 2. The van der Waals surface area contributed by atoms with E-state index in [9.17, 15) is 203 Å². The zero-order chi connectivity index (χ0) is 77.0. The van der Waals surface area contributed by atoms with Gasteiger partial charge in [0.25, 0.3) is 0 Å². The van der Waals surface area contributed by atoms with Crippen LogP contribution in [0.1, 0.15) is 51.4 Å². The van der Waals surface area contributed by atoms with E-state index in [-0.39, 0.29) is 9.80 Å². The molecule has 0 heterocycles. The number of urea groups is 2. The molecule has 0 bridgehead atoms. The predicted molar refractivity (Wildman–Crippen MR) is 224 cm³/mol. The number of halogens is 44. The second-order valence-electron chi connectivity index (χ2n) is 19.8. The van der Waals surface area contributed by atoms with Gasteiger partial charge in [-0.15, -0.1) is 0 Å². The molecular formula is C42H42F44N4O6. The van der Waals surface area contributed by atoms with E-state index in [0.29, 0.717) is 0 Å². The lowest BCUT2D eigenvalue weighted by Crippen LogP contribution is -2.66. The molecule has 0 aliphatic rings. The van der Waals surface area contributed by atoms with Crippen LogP contribution >= 0.6 is 0 Å². The maximum atomic E-state index is 14.3. The molecule has 4 N–H and O–H groups in total. The minimum atomic E-state index is -8.03. The summed E-state index contributed by atoms with van der Waals surface area (Å²) < 4.78 is 610. The smallest absolute Gasteiger partial charge is 0.379 e. The third-order valence-electron chi connectivity index (χ3n) is 12.9. The molecule has 0 radical (unpaired) electrons. The molecule has 574 valence electrons. The molecule has 0 fully saturated rings. The van der Waals surface area contributed by atoms with Crippen LogP contribution in [0.15, 0.2) is 0 Å². The standard InChI is InChI=1S/C42H42F44N4O6/c43-23(44,27(51,52)31(59,60)35(67,68)39(75,76)77)5-11-93-15-19(16-94-12-6-24(45,46)28(53,54)32(61,62)36(69,70)40(78,79)80)89(21(87)91)9-3-1-2-4-10-90(22(88)92)20(17-95-13-7-25(47,48)29(55,56)33(63,64)37(71,72)41(81,82)83)18-96-14-8-26(49,50)30(57,58)34(65,66)38(73,74)42(84,85)86/h19-20H,1-18H2,(H2,87,91)(H2,88,92). The fourth-order valence-corrected chi connectivity index (χ4v) is 7.05. The Morgan fingerprint density at radius 2 is 0.406 bits per heavy atom. The first-order valence-electron chi connectivity index (χ1n) is 24.8. The van der Waals surface area contributed by atoms with Gasteiger partial charge in [-0.2, -0.15) is 193 Å². The maximum absolute atomic E-state index is 14.3. The first-order chi connectivity index (χ1) is 42.0. The molecular weight excluding hydrogens is 1490 g/mol. The first-order valence-corrected chi connectivity index (χ1v) is 24.8. The number of hydrogen-bond donors (Lipinski definition) is 2. The summed E-state index contributed by atoms with van der Waals surface area (Å²) in [5, 5.41) is 0. The number of ether oxygens (including phenoxy) is 4. The van der Waals surface area contributed by atoms with E-state index >= 15 is 0 Å². The summed E-state index contributed by atoms with van der Waals surface area (Å²) in [4.78, 5) is 24.8. The molecule has 0 aromatic heterocycles. The van der Waals surface area contributed by atoms with Crippen molar-refractivity contribution >= 4 is 12.1 Å². The van der Waals surface area contributed by atoms with Crippen molar-refractivity contribution in [3.05, 3.63) is 0 Å². The van der Waals surface area contributed by atoms with Crippen LogP contribution in [0.25, 0.3) is 0 Å². The molecule has 10 nitrogen and oxygen atoms in total. The molecule has 0 spiro atoms. The molecule has 0 aromatic rings. The second-order valence-corrected chi connectivity index (χ2v) is 19.8. The molecule has 4 amide bonds. The average molecular weight is 1530 g/mol. The number of alkyl halides is 44. The Balaban J connectivity index is 7.00. The summed E-state index contributed by atoms with van der Waals surface area (Å²) in [6.07, 6.45) is -45.9. The van der Waals surface area contributed by atoms with Gasteiger partial charge in [0.2, 0.25) is 0 Å². The van der Waals surface area contributed by atoms with E-state index in [4.69, 9.17) is 11.5 Å². The largest absolute Gasteiger partial charge is 0.460 e. The fraction of sp³-hybridized carbons (Fsp3) is 0.952. The first kappa shape index (κ1) is 91.3. The average Bonchev–Trinajstić information content (AvgIpc) is 0.750. The lowest BCUT2D eigenvalue weighted by atomic mass is 9.96. The van der Waals surface area contributed by atoms with E-state index in [0.717, 1.165) is 0 Å². The Hall–Kier alpha value is -4.70. The van der Waals surface area contributed by atoms with Gasteiger partial charge in [-0.25, -0.2) is 9.59 Å². The molecule has 0 saturated heterocycles. The van der Waals surface area contributed by atoms with E-state index in [1.54, 1.807) is 0 Å². The zero-order valence-corrected chi connectivity index (χ0v) is 46.0. The van der Waals surface area contributed by atoms with Gasteiger partial charge in [-0.3, -0.25) is 0 Å². The van der Waals surface area contributed by atoms with Crippen molar-refractivity contribution in [1.29, 1.82) is 0 Å². The van der Waals surface area contributed by atoms with Crippen molar-refractivity contribution in [2.45, 2.75) is 183 Å². The summed E-state index contributed by atoms with van der Waals surface area (Å²) in [5.74, 6) is -122. The van der Waals surface area contributed by atoms with E-state index in [2.05, 4.69) is 18.9 Å². The highest BCUT2D eigenvalue weighted by Crippen LogP contribution is 2.62. The molecule has 96 heavy (non-hydrogen) atoms. The Bertz CT molecular complexity index is 2170. The Kier molecular flexibility index (Phi) is 28.4. The molecule has 0 aliphatic heterocycles. The fourth-order valence-electron chi connectivity index (χ4n) is 7.05. The van der Waals surface area contributed by atoms with Crippen LogP contribution in [0, 0.1) is 0 Å². The van der Waals surface area contributed by atoms with Gasteiger partial charge in [0.1, 0.15) is 0 Å². The molecule has 54 heteroatoms. The summed E-state index contributed by atoms with van der Waals surface area (Å²) in [5.41, 5.74) is 10.2. The third-order valence-corrected chi connectivity index (χ3v) is 12.9. The highest BCUT2D eigenvalue weighted by atomic mass is 19.5. The van der Waals surface area contributed by atoms with Crippen LogP contribution in [-0.2, 0) is 18.9 Å². The van der Waals surface area contributed by atoms with E-state index in [1.807, 2.05) is 0 Å². The van der Waals surface area contributed by atoms with Gasteiger partial charge in [-0.05, 0) is 12.8 Å². The second kappa shape index (κ2) is 29.9. The third kappa shape index (κ3) is 18.1. The van der Waals surface area contributed by atoms with E-state index < -0.39 is 261 Å². The maximum Gasteiger partial charge on any atom is 0.460 e. The quantitative estimate of drug-likeness (QED) is 0.0463. The Morgan fingerprint density at radius 1 is 0.250 bits per heavy atom. The summed E-state index contributed by atoms with van der Waals surface area (Å²) in [6, 6.07) is -8.93. The topological polar surface area (TPSA) is 130 Å². The molecule has 0 rings (SSSR count). The summed E-state index contributed by atoms with van der Waals surface area (Å²) >= 11 is 0. The van der Waals surface area contributed by atoms with Gasteiger partial charge in [0, 0.05) is 38.8 Å². The summed E-state index contributed by atoms with van der Waals surface area (Å²) in [6.45, 7) is -18.8. The molecule has 0 unspecified atom stereocenters. The normalized spacial score (nSPS) is 15.5. The van der Waals surface area contributed by atoms with Crippen LogP contribution in [0.2, 0.25) is 0 Å². The molecule has 0 aliphatic carbocycles. The van der Waals surface area contributed by atoms with Crippen LogP contribution in [-0.4, -0.2) is 219 Å². The number of primary amides is 2. The number of amides is 4. The number of carbonyl (C=O) groups excluding carboxylic acids is 2. The van der Waals surface area contributed by atoms with Gasteiger partial charge in [0.15, 0.2) is 0 Å². The van der Waals surface area contributed by atoms with Gasteiger partial charge in [-0.1, -0.05) is 12.8 Å².